The zero-order chi connectivity index (χ0) is 4.24. The van der Waals surface area contributed by atoms with Gasteiger partial charge in [0.15, 0.2) is 0 Å². The van der Waals surface area contributed by atoms with E-state index in [-0.39, 0.29) is 6.15 Å². The molecule has 0 aromatic heterocycles. The molecule has 1 heterocycles. The van der Waals surface area contributed by atoms with Crippen LogP contribution in [-0.4, -0.2) is 26.2 Å². The van der Waals surface area contributed by atoms with E-state index >= 15 is 0 Å². The molecule has 3 nitrogen and oxygen atoms in total. The van der Waals surface area contributed by atoms with E-state index in [2.05, 4.69) is 10.6 Å². The third-order valence-corrected chi connectivity index (χ3v) is 0.957. The third kappa shape index (κ3) is 2.56. The maximum Gasteiger partial charge on any atom is 0.00772 e. The van der Waals surface area contributed by atoms with Crippen LogP contribution in [0.4, 0.5) is 0 Å². The summed E-state index contributed by atoms with van der Waals surface area (Å²) >= 11 is 0. The Morgan fingerprint density at radius 3 is 1.14 bits per heavy atom. The van der Waals surface area contributed by atoms with Crippen molar-refractivity contribution >= 4 is 0 Å². The molecule has 0 saturated carbocycles. The van der Waals surface area contributed by atoms with Gasteiger partial charge in [0, 0.05) is 26.2 Å². The van der Waals surface area contributed by atoms with Gasteiger partial charge in [-0.1, -0.05) is 0 Å². The Labute approximate surface area is 44.1 Å². The molecule has 44 valence electrons. The Bertz CT molecular complexity index is 22.4. The van der Waals surface area contributed by atoms with Crippen molar-refractivity contribution in [3.05, 3.63) is 0 Å². The van der Waals surface area contributed by atoms with Crippen LogP contribution in [0.5, 0.6) is 0 Å². The molecule has 1 aliphatic heterocycles. The standard InChI is InChI=1S/C4H10N2.H3N/c1-2-6-4-3-5-1;/h5-6H,1-4H2;1H3. The fourth-order valence-electron chi connectivity index (χ4n) is 0.604. The quantitative estimate of drug-likeness (QED) is 0.381. The largest absolute Gasteiger partial charge is 0.344 e. The van der Waals surface area contributed by atoms with Crippen LogP contribution in [0.3, 0.4) is 0 Å². The van der Waals surface area contributed by atoms with E-state index in [4.69, 9.17) is 0 Å². The van der Waals surface area contributed by atoms with Crippen LogP contribution in [0.25, 0.3) is 0 Å². The fourth-order valence-corrected chi connectivity index (χ4v) is 0.604. The third-order valence-electron chi connectivity index (χ3n) is 0.957. The first-order valence-electron chi connectivity index (χ1n) is 2.41. The second-order valence-electron chi connectivity index (χ2n) is 1.50. The molecule has 7 heavy (non-hydrogen) atoms. The van der Waals surface area contributed by atoms with Gasteiger partial charge in [0.1, 0.15) is 0 Å². The zero-order valence-electron chi connectivity index (χ0n) is 4.54. The highest BCUT2D eigenvalue weighted by Crippen LogP contribution is 1.65. The Hall–Kier alpha value is -0.120. The van der Waals surface area contributed by atoms with Gasteiger partial charge in [-0.25, -0.2) is 0 Å². The number of nitrogens with one attached hydrogen (secondary N) is 2. The average Bonchev–Trinajstić information content (AvgIpc) is 1.72. The summed E-state index contributed by atoms with van der Waals surface area (Å²) in [6, 6.07) is 0. The van der Waals surface area contributed by atoms with Crippen molar-refractivity contribution in [3.8, 4) is 0 Å². The first kappa shape index (κ1) is 6.88. The lowest BCUT2D eigenvalue weighted by Crippen LogP contribution is -2.39. The van der Waals surface area contributed by atoms with Gasteiger partial charge < -0.3 is 16.8 Å². The maximum absolute atomic E-state index is 3.22. The minimum Gasteiger partial charge on any atom is -0.344 e. The number of piperazine rings is 1. The van der Waals surface area contributed by atoms with E-state index in [1.165, 1.54) is 0 Å². The van der Waals surface area contributed by atoms with Crippen molar-refractivity contribution in [1.82, 2.24) is 16.8 Å². The molecule has 0 amide bonds. The summed E-state index contributed by atoms with van der Waals surface area (Å²) in [6.07, 6.45) is 0. The molecular formula is C4H13N3. The zero-order valence-corrected chi connectivity index (χ0v) is 4.54. The van der Waals surface area contributed by atoms with Gasteiger partial charge in [-0.05, 0) is 0 Å². The van der Waals surface area contributed by atoms with Crippen LogP contribution < -0.4 is 16.8 Å². The van der Waals surface area contributed by atoms with Crippen molar-refractivity contribution in [2.24, 2.45) is 0 Å². The van der Waals surface area contributed by atoms with Crippen LogP contribution in [0.2, 0.25) is 0 Å². The lowest BCUT2D eigenvalue weighted by Gasteiger charge is -2.11. The highest BCUT2D eigenvalue weighted by Gasteiger charge is 1.91. The Morgan fingerprint density at radius 2 is 1.00 bits per heavy atom. The van der Waals surface area contributed by atoms with Gasteiger partial charge in [0.25, 0.3) is 0 Å². The molecule has 1 rings (SSSR count). The lowest BCUT2D eigenvalue weighted by atomic mass is 10.4. The SMILES string of the molecule is C1CNCCN1.N. The summed E-state index contributed by atoms with van der Waals surface area (Å²) in [7, 11) is 0. The van der Waals surface area contributed by atoms with Gasteiger partial charge in [-0.15, -0.1) is 0 Å². The Morgan fingerprint density at radius 1 is 0.714 bits per heavy atom. The fraction of sp³-hybridized carbons (Fsp3) is 1.00. The summed E-state index contributed by atoms with van der Waals surface area (Å²) in [6.45, 7) is 4.56. The predicted molar refractivity (Wildman–Crippen MR) is 30.8 cm³/mol. The summed E-state index contributed by atoms with van der Waals surface area (Å²) in [5.41, 5.74) is 0. The van der Waals surface area contributed by atoms with Crippen LogP contribution >= 0.6 is 0 Å². The highest BCUT2D eigenvalue weighted by atomic mass is 15.0. The summed E-state index contributed by atoms with van der Waals surface area (Å²) in [4.78, 5) is 0. The molecule has 0 aromatic carbocycles. The second kappa shape index (κ2) is 4.05. The van der Waals surface area contributed by atoms with E-state index in [0.29, 0.717) is 0 Å². The summed E-state index contributed by atoms with van der Waals surface area (Å²) in [5, 5.41) is 6.44. The molecular weight excluding hydrogens is 90.1 g/mol. The molecule has 1 aliphatic rings. The first-order valence-corrected chi connectivity index (χ1v) is 2.41. The highest BCUT2D eigenvalue weighted by molar-refractivity contribution is 4.59. The monoisotopic (exact) mass is 103 g/mol. The van der Waals surface area contributed by atoms with Crippen molar-refractivity contribution in [2.75, 3.05) is 26.2 Å². The van der Waals surface area contributed by atoms with Crippen molar-refractivity contribution in [3.63, 3.8) is 0 Å². The first-order chi connectivity index (χ1) is 3.00. The molecule has 0 unspecified atom stereocenters. The molecule has 0 atom stereocenters. The average molecular weight is 103 g/mol. The van der Waals surface area contributed by atoms with Crippen molar-refractivity contribution < 1.29 is 0 Å². The minimum atomic E-state index is 0. The molecule has 0 aromatic rings. The lowest BCUT2D eigenvalue weighted by molar-refractivity contribution is 0.534. The second-order valence-corrected chi connectivity index (χ2v) is 1.50. The van der Waals surface area contributed by atoms with Crippen LogP contribution in [0, 0.1) is 0 Å². The summed E-state index contributed by atoms with van der Waals surface area (Å²) < 4.78 is 0. The van der Waals surface area contributed by atoms with Crippen molar-refractivity contribution in [2.45, 2.75) is 0 Å². The van der Waals surface area contributed by atoms with E-state index in [1.54, 1.807) is 0 Å². The van der Waals surface area contributed by atoms with Gasteiger partial charge >= 0.3 is 0 Å². The molecule has 3 heteroatoms. The van der Waals surface area contributed by atoms with Crippen molar-refractivity contribution in [1.29, 1.82) is 0 Å². The predicted octanol–water partition coefficient (Wildman–Crippen LogP) is -0.659. The topological polar surface area (TPSA) is 59.1 Å². The molecule has 1 fully saturated rings. The maximum atomic E-state index is 3.22. The van der Waals surface area contributed by atoms with Gasteiger partial charge in [0.2, 0.25) is 0 Å². The molecule has 5 N–H and O–H groups in total. The Balaban J connectivity index is 0.000000360. The molecule has 0 radical (unpaired) electrons. The number of hydrogen-bond acceptors (Lipinski definition) is 3. The van der Waals surface area contributed by atoms with E-state index in [9.17, 15) is 0 Å². The minimum absolute atomic E-state index is 0. The van der Waals surface area contributed by atoms with Crippen LogP contribution in [0.1, 0.15) is 0 Å². The number of rotatable bonds is 0. The normalized spacial score (nSPS) is 20.6. The van der Waals surface area contributed by atoms with Crippen LogP contribution in [0.15, 0.2) is 0 Å². The summed E-state index contributed by atoms with van der Waals surface area (Å²) in [5.74, 6) is 0. The smallest absolute Gasteiger partial charge is 0.00772 e. The van der Waals surface area contributed by atoms with E-state index in [0.717, 1.165) is 26.2 Å². The number of hydrogen-bond donors (Lipinski definition) is 3. The van der Waals surface area contributed by atoms with Gasteiger partial charge in [-0.2, -0.15) is 0 Å². The van der Waals surface area contributed by atoms with Crippen LogP contribution in [-0.2, 0) is 0 Å². The molecule has 0 aliphatic carbocycles. The molecule has 1 saturated heterocycles. The molecule has 0 bridgehead atoms. The Kier molecular flexibility index (Phi) is 3.98. The van der Waals surface area contributed by atoms with E-state index in [1.807, 2.05) is 0 Å². The molecule has 0 spiro atoms. The van der Waals surface area contributed by atoms with Gasteiger partial charge in [0.05, 0.1) is 0 Å². The van der Waals surface area contributed by atoms with Gasteiger partial charge in [-0.3, -0.25) is 0 Å². The van der Waals surface area contributed by atoms with E-state index < -0.39 is 0 Å².